The van der Waals surface area contributed by atoms with Gasteiger partial charge in [-0.1, -0.05) is 26.0 Å². The number of amides is 1. The zero-order chi connectivity index (χ0) is 18.7. The molecule has 1 aromatic heterocycles. The molecule has 6 heteroatoms. The number of aryl methyl sites for hydroxylation is 1. The van der Waals surface area contributed by atoms with Crippen molar-refractivity contribution in [3.05, 3.63) is 34.6 Å². The van der Waals surface area contributed by atoms with Crippen LogP contribution in [-0.4, -0.2) is 35.1 Å². The largest absolute Gasteiger partial charge is 0.356 e. The quantitative estimate of drug-likeness (QED) is 0.893. The van der Waals surface area contributed by atoms with Crippen LogP contribution in [0.15, 0.2) is 29.1 Å². The lowest BCUT2D eigenvalue weighted by Crippen LogP contribution is -2.43. The number of nitrogens with zero attached hydrogens (tertiary/aromatic N) is 3. The Labute approximate surface area is 154 Å². The van der Waals surface area contributed by atoms with E-state index in [0.717, 1.165) is 36.8 Å². The van der Waals surface area contributed by atoms with E-state index in [1.807, 2.05) is 29.2 Å². The van der Waals surface area contributed by atoms with Crippen molar-refractivity contribution in [3.8, 4) is 0 Å². The van der Waals surface area contributed by atoms with Crippen LogP contribution in [-0.2, 0) is 11.8 Å². The molecule has 0 unspecified atom stereocenters. The summed E-state index contributed by atoms with van der Waals surface area (Å²) < 4.78 is 1.66. The van der Waals surface area contributed by atoms with Gasteiger partial charge in [0, 0.05) is 32.6 Å². The summed E-state index contributed by atoms with van der Waals surface area (Å²) in [6, 6.07) is 7.66. The van der Waals surface area contributed by atoms with E-state index in [9.17, 15) is 9.59 Å². The highest BCUT2D eigenvalue weighted by molar-refractivity contribution is 5.79. The highest BCUT2D eigenvalue weighted by Crippen LogP contribution is 2.21. The fourth-order valence-corrected chi connectivity index (χ4v) is 3.45. The van der Waals surface area contributed by atoms with Gasteiger partial charge < -0.3 is 14.8 Å². The molecule has 1 N–H and O–H groups in total. The third kappa shape index (κ3) is 3.89. The topological polar surface area (TPSA) is 67.2 Å². The Morgan fingerprint density at radius 1 is 1.27 bits per heavy atom. The predicted octanol–water partition coefficient (Wildman–Crippen LogP) is 2.31. The van der Waals surface area contributed by atoms with Gasteiger partial charge in [0.2, 0.25) is 5.91 Å². The minimum atomic E-state index is -0.0801. The molecule has 0 radical (unpaired) electrons. The smallest absolute Gasteiger partial charge is 0.293 e. The number of anilines is 1. The number of benzene rings is 1. The Kier molecular flexibility index (Phi) is 5.59. The van der Waals surface area contributed by atoms with Gasteiger partial charge in [-0.3, -0.25) is 9.59 Å². The zero-order valence-electron chi connectivity index (χ0n) is 15.9. The fraction of sp³-hybridized carbons (Fsp3) is 0.550. The summed E-state index contributed by atoms with van der Waals surface area (Å²) >= 11 is 0. The van der Waals surface area contributed by atoms with E-state index in [-0.39, 0.29) is 17.4 Å². The molecular formula is C20H28N4O2. The third-order valence-electron chi connectivity index (χ3n) is 5.15. The van der Waals surface area contributed by atoms with Crippen LogP contribution in [0, 0.1) is 11.8 Å². The van der Waals surface area contributed by atoms with E-state index < -0.39 is 0 Å². The molecule has 2 aromatic rings. The molecule has 1 saturated heterocycles. The molecule has 0 spiro atoms. The second kappa shape index (κ2) is 7.89. The Bertz CT molecular complexity index is 835. The van der Waals surface area contributed by atoms with Crippen molar-refractivity contribution >= 4 is 22.8 Å². The number of fused-ring (bicyclic) bond motifs is 1. The normalized spacial score (nSPS) is 15.6. The van der Waals surface area contributed by atoms with Crippen LogP contribution in [0.2, 0.25) is 0 Å². The van der Waals surface area contributed by atoms with Crippen LogP contribution in [0.3, 0.4) is 0 Å². The fourth-order valence-electron chi connectivity index (χ4n) is 3.45. The second-order valence-corrected chi connectivity index (χ2v) is 7.52. The van der Waals surface area contributed by atoms with Crippen molar-refractivity contribution in [1.29, 1.82) is 0 Å². The Balaban J connectivity index is 1.67. The van der Waals surface area contributed by atoms with E-state index in [2.05, 4.69) is 24.1 Å². The molecule has 1 aliphatic heterocycles. The molecule has 1 aromatic carbocycles. The molecule has 3 rings (SSSR count). The highest BCUT2D eigenvalue weighted by atomic mass is 16.2. The maximum Gasteiger partial charge on any atom is 0.293 e. The summed E-state index contributed by atoms with van der Waals surface area (Å²) in [6.07, 6.45) is 2.51. The SMILES string of the molecule is CC(C)CCNC(=O)C1CCN(c2nc3ccccc3n(C)c2=O)CC1. The minimum absolute atomic E-state index is 0.0303. The average molecular weight is 356 g/mol. The number of hydrogen-bond acceptors (Lipinski definition) is 4. The second-order valence-electron chi connectivity index (χ2n) is 7.52. The lowest BCUT2D eigenvalue weighted by Gasteiger charge is -2.32. The molecule has 1 aliphatic rings. The van der Waals surface area contributed by atoms with Gasteiger partial charge in [-0.05, 0) is 37.3 Å². The maximum absolute atomic E-state index is 12.7. The van der Waals surface area contributed by atoms with Crippen LogP contribution in [0.4, 0.5) is 5.82 Å². The Hall–Kier alpha value is -2.37. The summed E-state index contributed by atoms with van der Waals surface area (Å²) in [6.45, 7) is 6.42. The molecule has 2 heterocycles. The van der Waals surface area contributed by atoms with Gasteiger partial charge in [0.05, 0.1) is 11.0 Å². The van der Waals surface area contributed by atoms with Gasteiger partial charge in [-0.2, -0.15) is 0 Å². The lowest BCUT2D eigenvalue weighted by atomic mass is 9.96. The number of piperidine rings is 1. The van der Waals surface area contributed by atoms with Gasteiger partial charge in [0.15, 0.2) is 5.82 Å². The van der Waals surface area contributed by atoms with Gasteiger partial charge >= 0.3 is 0 Å². The van der Waals surface area contributed by atoms with E-state index in [1.165, 1.54) is 0 Å². The van der Waals surface area contributed by atoms with E-state index in [1.54, 1.807) is 11.6 Å². The first-order valence-corrected chi connectivity index (χ1v) is 9.45. The van der Waals surface area contributed by atoms with Crippen LogP contribution in [0.1, 0.15) is 33.1 Å². The van der Waals surface area contributed by atoms with Crippen molar-refractivity contribution in [2.45, 2.75) is 33.1 Å². The van der Waals surface area contributed by atoms with Gasteiger partial charge in [-0.25, -0.2) is 4.98 Å². The number of nitrogens with one attached hydrogen (secondary N) is 1. The van der Waals surface area contributed by atoms with Gasteiger partial charge in [0.25, 0.3) is 5.56 Å². The number of hydrogen-bond donors (Lipinski definition) is 1. The van der Waals surface area contributed by atoms with Crippen molar-refractivity contribution in [2.24, 2.45) is 18.9 Å². The summed E-state index contributed by atoms with van der Waals surface area (Å²) in [5, 5.41) is 3.04. The number of aromatic nitrogens is 2. The van der Waals surface area contributed by atoms with Crippen LogP contribution in [0.5, 0.6) is 0 Å². The van der Waals surface area contributed by atoms with Crippen LogP contribution < -0.4 is 15.8 Å². The first kappa shape index (κ1) is 18.4. The predicted molar refractivity (Wildman–Crippen MR) is 104 cm³/mol. The maximum atomic E-state index is 12.7. The van der Waals surface area contributed by atoms with Crippen molar-refractivity contribution in [2.75, 3.05) is 24.5 Å². The minimum Gasteiger partial charge on any atom is -0.356 e. The number of carbonyl (C=O) groups excluding carboxylic acids is 1. The average Bonchev–Trinajstić information content (AvgIpc) is 2.64. The number of rotatable bonds is 5. The molecule has 0 aliphatic carbocycles. The summed E-state index contributed by atoms with van der Waals surface area (Å²) in [7, 11) is 1.78. The number of carbonyl (C=O) groups is 1. The van der Waals surface area contributed by atoms with Crippen LogP contribution in [0.25, 0.3) is 11.0 Å². The molecule has 0 bridgehead atoms. The number of para-hydroxylation sites is 2. The molecule has 1 amide bonds. The Morgan fingerprint density at radius 3 is 2.65 bits per heavy atom. The summed E-state index contributed by atoms with van der Waals surface area (Å²) in [5.74, 6) is 1.25. The van der Waals surface area contributed by atoms with E-state index in [4.69, 9.17) is 0 Å². The summed E-state index contributed by atoms with van der Waals surface area (Å²) in [5.41, 5.74) is 1.57. The van der Waals surface area contributed by atoms with Crippen molar-refractivity contribution < 1.29 is 4.79 Å². The van der Waals surface area contributed by atoms with Gasteiger partial charge in [-0.15, -0.1) is 0 Å². The highest BCUT2D eigenvalue weighted by Gasteiger charge is 2.27. The standard InChI is InChI=1S/C20H28N4O2/c1-14(2)8-11-21-19(25)15-9-12-24(13-10-15)18-20(26)23(3)17-7-5-4-6-16(17)22-18/h4-7,14-15H,8-13H2,1-3H3,(H,21,25). The molecule has 6 nitrogen and oxygen atoms in total. The Morgan fingerprint density at radius 2 is 1.96 bits per heavy atom. The van der Waals surface area contributed by atoms with Crippen LogP contribution >= 0.6 is 0 Å². The van der Waals surface area contributed by atoms with E-state index >= 15 is 0 Å². The van der Waals surface area contributed by atoms with Gasteiger partial charge in [0.1, 0.15) is 0 Å². The monoisotopic (exact) mass is 356 g/mol. The molecule has 1 fully saturated rings. The third-order valence-corrected chi connectivity index (χ3v) is 5.15. The lowest BCUT2D eigenvalue weighted by molar-refractivity contribution is -0.125. The summed E-state index contributed by atoms with van der Waals surface area (Å²) in [4.78, 5) is 31.6. The molecular weight excluding hydrogens is 328 g/mol. The van der Waals surface area contributed by atoms with Crippen molar-refractivity contribution in [3.63, 3.8) is 0 Å². The molecule has 140 valence electrons. The molecule has 26 heavy (non-hydrogen) atoms. The molecule has 0 saturated carbocycles. The molecule has 0 atom stereocenters. The van der Waals surface area contributed by atoms with E-state index in [0.29, 0.717) is 24.8 Å². The zero-order valence-corrected chi connectivity index (χ0v) is 15.9. The first-order valence-electron chi connectivity index (χ1n) is 9.45. The van der Waals surface area contributed by atoms with Crippen molar-refractivity contribution in [1.82, 2.24) is 14.9 Å². The first-order chi connectivity index (χ1) is 12.5.